The molecule has 0 saturated carbocycles. The molecule has 2 atom stereocenters. The van der Waals surface area contributed by atoms with Crippen LogP contribution in [0.15, 0.2) is 0 Å². The van der Waals surface area contributed by atoms with E-state index in [1.54, 1.807) is 0 Å². The number of carbonyl (C=O) groups excluding carboxylic acids is 1. The van der Waals surface area contributed by atoms with E-state index in [2.05, 4.69) is 0 Å². The molecule has 7 heteroatoms. The van der Waals surface area contributed by atoms with Gasteiger partial charge < -0.3 is 9.31 Å². The SMILES string of the molecule is CC1(C)OB(CC(=O)C2CC3CCCC(C2)S3(=O)=O)OC1(C)C. The molecule has 0 N–H and O–H groups in total. The predicted molar refractivity (Wildman–Crippen MR) is 89.0 cm³/mol. The number of rotatable bonds is 3. The Labute approximate surface area is 139 Å². The second-order valence-electron chi connectivity index (χ2n) is 8.29. The highest BCUT2D eigenvalue weighted by Crippen LogP contribution is 2.42. The fourth-order valence-electron chi connectivity index (χ4n) is 4.05. The maximum Gasteiger partial charge on any atom is 0.465 e. The molecule has 2 unspecified atom stereocenters. The quantitative estimate of drug-likeness (QED) is 0.737. The van der Waals surface area contributed by atoms with Crippen molar-refractivity contribution >= 4 is 22.7 Å². The summed E-state index contributed by atoms with van der Waals surface area (Å²) in [6.07, 6.45) is 3.57. The average molecular weight is 342 g/mol. The number of ketones is 1. The van der Waals surface area contributed by atoms with E-state index in [1.807, 2.05) is 27.7 Å². The molecular formula is C16H27BO5S. The van der Waals surface area contributed by atoms with E-state index in [4.69, 9.17) is 9.31 Å². The van der Waals surface area contributed by atoms with Crippen LogP contribution < -0.4 is 0 Å². The van der Waals surface area contributed by atoms with Gasteiger partial charge in [0.25, 0.3) is 0 Å². The third-order valence-electron chi connectivity index (χ3n) is 6.20. The standard InChI is InChI=1S/C16H27BO5S/c1-15(2)16(3,4)22-17(21-15)10-14(18)11-8-12-6-5-7-13(9-11)23(12,19)20/h11-13H,5-10H2,1-4H3. The van der Waals surface area contributed by atoms with Gasteiger partial charge in [-0.3, -0.25) is 4.79 Å². The van der Waals surface area contributed by atoms with E-state index >= 15 is 0 Å². The van der Waals surface area contributed by atoms with E-state index in [0.717, 1.165) is 6.42 Å². The summed E-state index contributed by atoms with van der Waals surface area (Å²) in [4.78, 5) is 12.7. The molecule has 0 amide bonds. The van der Waals surface area contributed by atoms with Crippen LogP contribution in [-0.2, 0) is 23.9 Å². The number of sulfone groups is 1. The van der Waals surface area contributed by atoms with Gasteiger partial charge in [0.2, 0.25) is 0 Å². The first kappa shape index (κ1) is 17.4. The van der Waals surface area contributed by atoms with Crippen molar-refractivity contribution in [2.75, 3.05) is 0 Å². The van der Waals surface area contributed by atoms with E-state index in [0.29, 0.717) is 25.7 Å². The van der Waals surface area contributed by atoms with Crippen LogP contribution in [0.5, 0.6) is 0 Å². The Kier molecular flexibility index (Phi) is 4.22. The molecule has 3 rings (SSSR count). The van der Waals surface area contributed by atoms with Gasteiger partial charge in [-0.05, 0) is 53.4 Å². The smallest absolute Gasteiger partial charge is 0.403 e. The highest BCUT2D eigenvalue weighted by molar-refractivity contribution is 7.92. The summed E-state index contributed by atoms with van der Waals surface area (Å²) in [6, 6.07) is 0. The summed E-state index contributed by atoms with van der Waals surface area (Å²) in [5, 5.41) is -0.635. The summed E-state index contributed by atoms with van der Waals surface area (Å²) in [5.74, 6) is -0.0665. The molecule has 2 bridgehead atoms. The molecule has 0 aromatic rings. The van der Waals surface area contributed by atoms with E-state index < -0.39 is 28.2 Å². The molecular weight excluding hydrogens is 315 g/mol. The molecule has 23 heavy (non-hydrogen) atoms. The molecule has 0 radical (unpaired) electrons. The first-order chi connectivity index (χ1) is 10.5. The largest absolute Gasteiger partial charge is 0.465 e. The Morgan fingerprint density at radius 1 is 1.04 bits per heavy atom. The summed E-state index contributed by atoms with van der Waals surface area (Å²) >= 11 is 0. The molecule has 130 valence electrons. The van der Waals surface area contributed by atoms with Gasteiger partial charge in [-0.2, -0.15) is 0 Å². The zero-order valence-electron chi connectivity index (χ0n) is 14.5. The van der Waals surface area contributed by atoms with Crippen molar-refractivity contribution in [3.8, 4) is 0 Å². The maximum atomic E-state index is 12.7. The first-order valence-electron chi connectivity index (χ1n) is 8.64. The number of fused-ring (bicyclic) bond motifs is 2. The normalized spacial score (nSPS) is 37.6. The molecule has 3 saturated heterocycles. The lowest BCUT2D eigenvalue weighted by molar-refractivity contribution is -0.121. The topological polar surface area (TPSA) is 69.7 Å². The van der Waals surface area contributed by atoms with Gasteiger partial charge >= 0.3 is 7.12 Å². The second kappa shape index (κ2) is 5.56. The van der Waals surface area contributed by atoms with Gasteiger partial charge in [-0.25, -0.2) is 8.42 Å². The minimum Gasteiger partial charge on any atom is -0.403 e. The first-order valence-corrected chi connectivity index (χ1v) is 10.2. The molecule has 0 spiro atoms. The predicted octanol–water partition coefficient (Wildman–Crippen LogP) is 2.39. The number of hydrogen-bond acceptors (Lipinski definition) is 5. The third kappa shape index (κ3) is 3.00. The van der Waals surface area contributed by atoms with Gasteiger partial charge in [0.1, 0.15) is 5.78 Å². The summed E-state index contributed by atoms with van der Waals surface area (Å²) in [5.41, 5.74) is -0.880. The average Bonchev–Trinajstić information content (AvgIpc) is 2.55. The lowest BCUT2D eigenvalue weighted by Crippen LogP contribution is -2.45. The van der Waals surface area contributed by atoms with Gasteiger partial charge in [-0.15, -0.1) is 0 Å². The van der Waals surface area contributed by atoms with Crippen LogP contribution in [0.25, 0.3) is 0 Å². The highest BCUT2D eigenvalue weighted by atomic mass is 32.2. The van der Waals surface area contributed by atoms with Gasteiger partial charge in [-0.1, -0.05) is 6.42 Å². The van der Waals surface area contributed by atoms with Crippen molar-refractivity contribution in [2.24, 2.45) is 5.92 Å². The van der Waals surface area contributed by atoms with Crippen molar-refractivity contribution < 1.29 is 22.5 Å². The van der Waals surface area contributed by atoms with Crippen molar-refractivity contribution in [1.82, 2.24) is 0 Å². The molecule has 0 aliphatic carbocycles. The molecule has 0 aromatic heterocycles. The molecule has 5 nitrogen and oxygen atoms in total. The van der Waals surface area contributed by atoms with Crippen molar-refractivity contribution in [3.05, 3.63) is 0 Å². The van der Waals surface area contributed by atoms with Crippen LogP contribution in [-0.4, -0.2) is 43.0 Å². The fraction of sp³-hybridized carbons (Fsp3) is 0.938. The van der Waals surface area contributed by atoms with Gasteiger partial charge in [0.05, 0.1) is 21.7 Å². The van der Waals surface area contributed by atoms with Crippen LogP contribution in [0.2, 0.25) is 6.32 Å². The molecule has 0 aromatic carbocycles. The van der Waals surface area contributed by atoms with Crippen LogP contribution in [0, 0.1) is 5.92 Å². The molecule has 3 aliphatic heterocycles. The number of hydrogen-bond donors (Lipinski definition) is 0. The monoisotopic (exact) mass is 342 g/mol. The maximum absolute atomic E-state index is 12.7. The van der Waals surface area contributed by atoms with Crippen molar-refractivity contribution in [3.63, 3.8) is 0 Å². The summed E-state index contributed by atoms with van der Waals surface area (Å²) < 4.78 is 36.4. The highest BCUT2D eigenvalue weighted by Gasteiger charge is 2.53. The van der Waals surface area contributed by atoms with Crippen molar-refractivity contribution in [1.29, 1.82) is 0 Å². The van der Waals surface area contributed by atoms with E-state index in [1.165, 1.54) is 0 Å². The fourth-order valence-corrected chi connectivity index (χ4v) is 6.59. The zero-order chi connectivity index (χ0) is 17.0. The summed E-state index contributed by atoms with van der Waals surface area (Å²) in [7, 11) is -3.53. The minimum absolute atomic E-state index is 0.0929. The lowest BCUT2D eigenvalue weighted by atomic mass is 9.75. The van der Waals surface area contributed by atoms with Gasteiger partial charge in [0.15, 0.2) is 9.84 Å². The van der Waals surface area contributed by atoms with E-state index in [-0.39, 0.29) is 28.5 Å². The minimum atomic E-state index is -3.01. The molecule has 3 fully saturated rings. The summed E-state index contributed by atoms with van der Waals surface area (Å²) in [6.45, 7) is 7.87. The Bertz CT molecular complexity index is 562. The third-order valence-corrected chi connectivity index (χ3v) is 8.92. The van der Waals surface area contributed by atoms with Crippen molar-refractivity contribution in [2.45, 2.75) is 87.8 Å². The number of Topliss-reactive ketones (excluding diaryl/α,β-unsaturated/α-hetero) is 1. The van der Waals surface area contributed by atoms with Crippen LogP contribution in [0.4, 0.5) is 0 Å². The number of carbonyl (C=O) groups is 1. The van der Waals surface area contributed by atoms with Crippen LogP contribution in [0.1, 0.15) is 59.8 Å². The van der Waals surface area contributed by atoms with E-state index in [9.17, 15) is 13.2 Å². The Morgan fingerprint density at radius 2 is 1.52 bits per heavy atom. The Balaban J connectivity index is 1.65. The Morgan fingerprint density at radius 3 is 2.00 bits per heavy atom. The second-order valence-corrected chi connectivity index (χ2v) is 10.8. The van der Waals surface area contributed by atoms with Crippen LogP contribution in [0.3, 0.4) is 0 Å². The van der Waals surface area contributed by atoms with Crippen LogP contribution >= 0.6 is 0 Å². The zero-order valence-corrected chi connectivity index (χ0v) is 15.3. The lowest BCUT2D eigenvalue weighted by Gasteiger charge is -2.38. The molecule has 3 heterocycles. The molecule has 3 aliphatic rings. The Hall–Kier alpha value is -0.395. The van der Waals surface area contributed by atoms with Gasteiger partial charge in [0, 0.05) is 12.2 Å².